The van der Waals surface area contributed by atoms with E-state index in [1.54, 1.807) is 11.3 Å². The van der Waals surface area contributed by atoms with Gasteiger partial charge in [-0.2, -0.15) is 0 Å². The highest BCUT2D eigenvalue weighted by Crippen LogP contribution is 2.13. The Morgan fingerprint density at radius 2 is 2.67 bits per heavy atom. The Kier molecular flexibility index (Phi) is 2.87. The first-order valence-corrected chi connectivity index (χ1v) is 4.47. The number of aromatic nitrogens is 1. The van der Waals surface area contributed by atoms with E-state index in [-0.39, 0.29) is 0 Å². The first-order valence-electron chi connectivity index (χ1n) is 2.57. The van der Waals surface area contributed by atoms with Crippen molar-refractivity contribution in [1.82, 2.24) is 10.3 Å². The van der Waals surface area contributed by atoms with Crippen LogP contribution in [0.4, 0.5) is 0 Å². The molecule has 1 rings (SSSR count). The highest BCUT2D eigenvalue weighted by atomic mass is 127. The summed E-state index contributed by atoms with van der Waals surface area (Å²) in [6.45, 7) is 0.883. The number of thiazole rings is 1. The number of nitrogens with one attached hydrogen (secondary N) is 1. The maximum absolute atomic E-state index is 4.15. The third kappa shape index (κ3) is 2.19. The van der Waals surface area contributed by atoms with Gasteiger partial charge in [0.25, 0.3) is 0 Å². The van der Waals surface area contributed by atoms with Gasteiger partial charge in [0.15, 0.2) is 0 Å². The van der Waals surface area contributed by atoms with Crippen molar-refractivity contribution in [2.45, 2.75) is 6.54 Å². The molecule has 0 saturated carbocycles. The molecule has 0 fully saturated rings. The van der Waals surface area contributed by atoms with E-state index in [2.05, 4.69) is 32.9 Å². The Bertz CT molecular complexity index is 187. The molecule has 0 atom stereocenters. The summed E-state index contributed by atoms with van der Waals surface area (Å²) in [6, 6.07) is 0. The molecule has 1 aromatic heterocycles. The van der Waals surface area contributed by atoms with Gasteiger partial charge in [0.05, 0.1) is 9.08 Å². The highest BCUT2D eigenvalue weighted by Gasteiger charge is 1.95. The lowest BCUT2D eigenvalue weighted by atomic mass is 10.7. The number of rotatable bonds is 2. The van der Waals surface area contributed by atoms with Crippen molar-refractivity contribution in [2.75, 3.05) is 7.05 Å². The molecule has 0 aliphatic heterocycles. The van der Waals surface area contributed by atoms with Gasteiger partial charge in [-0.1, -0.05) is 0 Å². The van der Waals surface area contributed by atoms with Gasteiger partial charge in [-0.05, 0) is 29.6 Å². The molecule has 0 amide bonds. The predicted octanol–water partition coefficient (Wildman–Crippen LogP) is 1.47. The molecule has 0 aliphatic carbocycles. The van der Waals surface area contributed by atoms with Gasteiger partial charge in [-0.25, -0.2) is 4.98 Å². The van der Waals surface area contributed by atoms with Crippen LogP contribution in [-0.2, 0) is 6.54 Å². The van der Waals surface area contributed by atoms with Crippen molar-refractivity contribution in [3.05, 3.63) is 14.1 Å². The largest absolute Gasteiger partial charge is 0.314 e. The molecule has 0 spiro atoms. The zero-order chi connectivity index (χ0) is 6.69. The monoisotopic (exact) mass is 254 g/mol. The van der Waals surface area contributed by atoms with Crippen LogP contribution < -0.4 is 5.32 Å². The number of hydrogen-bond acceptors (Lipinski definition) is 3. The van der Waals surface area contributed by atoms with Crippen molar-refractivity contribution < 1.29 is 0 Å². The Labute approximate surface area is 71.8 Å². The fraction of sp³-hybridized carbons (Fsp3) is 0.400. The molecule has 4 heteroatoms. The Morgan fingerprint density at radius 3 is 3.11 bits per heavy atom. The van der Waals surface area contributed by atoms with Crippen molar-refractivity contribution in [3.63, 3.8) is 0 Å². The van der Waals surface area contributed by atoms with Crippen LogP contribution in [0.1, 0.15) is 5.01 Å². The maximum atomic E-state index is 4.15. The SMILES string of the molecule is CNCc1ncc(I)s1. The second kappa shape index (κ2) is 3.48. The molecule has 0 radical (unpaired) electrons. The number of halogens is 1. The van der Waals surface area contributed by atoms with Gasteiger partial charge >= 0.3 is 0 Å². The van der Waals surface area contributed by atoms with Crippen LogP contribution >= 0.6 is 33.9 Å². The molecule has 0 aromatic carbocycles. The molecular weight excluding hydrogens is 247 g/mol. The van der Waals surface area contributed by atoms with Crippen LogP contribution in [0.3, 0.4) is 0 Å². The van der Waals surface area contributed by atoms with E-state index in [9.17, 15) is 0 Å². The molecule has 9 heavy (non-hydrogen) atoms. The summed E-state index contributed by atoms with van der Waals surface area (Å²) in [5.74, 6) is 0. The van der Waals surface area contributed by atoms with E-state index in [1.165, 1.54) is 2.88 Å². The quantitative estimate of drug-likeness (QED) is 0.808. The summed E-state index contributed by atoms with van der Waals surface area (Å²) >= 11 is 3.99. The minimum atomic E-state index is 0.883. The van der Waals surface area contributed by atoms with Crippen molar-refractivity contribution in [2.24, 2.45) is 0 Å². The third-order valence-electron chi connectivity index (χ3n) is 0.853. The van der Waals surface area contributed by atoms with Crippen molar-refractivity contribution >= 4 is 33.9 Å². The Hall–Kier alpha value is 0.320. The van der Waals surface area contributed by atoms with E-state index in [4.69, 9.17) is 0 Å². The Morgan fingerprint density at radius 1 is 1.89 bits per heavy atom. The summed E-state index contributed by atoms with van der Waals surface area (Å²) in [6.07, 6.45) is 1.89. The molecule has 0 bridgehead atoms. The summed E-state index contributed by atoms with van der Waals surface area (Å²) in [5.41, 5.74) is 0. The summed E-state index contributed by atoms with van der Waals surface area (Å²) in [4.78, 5) is 4.15. The van der Waals surface area contributed by atoms with Gasteiger partial charge in [-0.3, -0.25) is 0 Å². The van der Waals surface area contributed by atoms with Crippen LogP contribution in [0.2, 0.25) is 0 Å². The number of nitrogens with zero attached hydrogens (tertiary/aromatic N) is 1. The van der Waals surface area contributed by atoms with Gasteiger partial charge in [0, 0.05) is 6.54 Å². The zero-order valence-electron chi connectivity index (χ0n) is 5.02. The average molecular weight is 254 g/mol. The molecule has 1 aromatic rings. The maximum Gasteiger partial charge on any atom is 0.107 e. The predicted molar refractivity (Wildman–Crippen MR) is 47.6 cm³/mol. The standard InChI is InChI=1S/C5H7IN2S/c1-7-3-5-8-2-4(6)9-5/h2,7H,3H2,1H3. The Balaban J connectivity index is 2.61. The molecule has 0 saturated heterocycles. The van der Waals surface area contributed by atoms with Crippen LogP contribution in [0, 0.1) is 2.88 Å². The lowest BCUT2D eigenvalue weighted by molar-refractivity contribution is 0.810. The summed E-state index contributed by atoms with van der Waals surface area (Å²) in [5, 5.41) is 4.20. The van der Waals surface area contributed by atoms with Crippen LogP contribution in [0.15, 0.2) is 6.20 Å². The highest BCUT2D eigenvalue weighted by molar-refractivity contribution is 14.1. The summed E-state index contributed by atoms with van der Waals surface area (Å²) < 4.78 is 1.25. The lowest BCUT2D eigenvalue weighted by Crippen LogP contribution is -2.03. The van der Waals surface area contributed by atoms with Gasteiger partial charge in [-0.15, -0.1) is 11.3 Å². The smallest absolute Gasteiger partial charge is 0.107 e. The van der Waals surface area contributed by atoms with Gasteiger partial charge in [0.2, 0.25) is 0 Å². The third-order valence-corrected chi connectivity index (χ3v) is 2.58. The van der Waals surface area contributed by atoms with E-state index in [0.717, 1.165) is 11.6 Å². The summed E-state index contributed by atoms with van der Waals surface area (Å²) in [7, 11) is 1.92. The molecule has 1 heterocycles. The first kappa shape index (κ1) is 7.43. The van der Waals surface area contributed by atoms with Crippen molar-refractivity contribution in [3.8, 4) is 0 Å². The van der Waals surface area contributed by atoms with Crippen molar-refractivity contribution in [1.29, 1.82) is 0 Å². The first-order chi connectivity index (χ1) is 4.33. The fourth-order valence-corrected chi connectivity index (χ4v) is 2.08. The van der Waals surface area contributed by atoms with Gasteiger partial charge in [0.1, 0.15) is 5.01 Å². The molecule has 2 nitrogen and oxygen atoms in total. The zero-order valence-corrected chi connectivity index (χ0v) is 7.99. The molecular formula is C5H7IN2S. The molecule has 0 aliphatic rings. The normalized spacial score (nSPS) is 10.0. The van der Waals surface area contributed by atoms with Crippen LogP contribution in [0.5, 0.6) is 0 Å². The second-order valence-electron chi connectivity index (χ2n) is 1.59. The lowest BCUT2D eigenvalue weighted by Gasteiger charge is -1.88. The fourth-order valence-electron chi connectivity index (χ4n) is 0.521. The molecule has 0 unspecified atom stereocenters. The topological polar surface area (TPSA) is 24.9 Å². The van der Waals surface area contributed by atoms with E-state index in [1.807, 2.05) is 13.2 Å². The van der Waals surface area contributed by atoms with Crippen LogP contribution in [-0.4, -0.2) is 12.0 Å². The minimum Gasteiger partial charge on any atom is -0.314 e. The molecule has 50 valence electrons. The van der Waals surface area contributed by atoms with E-state index >= 15 is 0 Å². The van der Waals surface area contributed by atoms with E-state index in [0.29, 0.717) is 0 Å². The molecule has 1 N–H and O–H groups in total. The van der Waals surface area contributed by atoms with Gasteiger partial charge < -0.3 is 5.32 Å². The second-order valence-corrected chi connectivity index (χ2v) is 4.60. The minimum absolute atomic E-state index is 0.883. The number of hydrogen-bond donors (Lipinski definition) is 1. The van der Waals surface area contributed by atoms with E-state index < -0.39 is 0 Å². The average Bonchev–Trinajstić information content (AvgIpc) is 2.17. The van der Waals surface area contributed by atoms with Crippen LogP contribution in [0.25, 0.3) is 0 Å².